The van der Waals surface area contributed by atoms with Crippen molar-refractivity contribution < 1.29 is 14.3 Å². The van der Waals surface area contributed by atoms with Gasteiger partial charge in [0.1, 0.15) is 5.75 Å². The van der Waals surface area contributed by atoms with Crippen LogP contribution >= 0.6 is 15.9 Å². The molecular formula is C18H19BrN2O3. The minimum atomic E-state index is -0.266. The molecular weight excluding hydrogens is 372 g/mol. The van der Waals surface area contributed by atoms with Crippen molar-refractivity contribution in [2.45, 2.75) is 13.8 Å². The van der Waals surface area contributed by atoms with Gasteiger partial charge in [0.15, 0.2) is 6.61 Å². The molecule has 0 saturated carbocycles. The second-order valence-corrected chi connectivity index (χ2v) is 6.23. The number of benzene rings is 2. The molecule has 0 saturated heterocycles. The maximum absolute atomic E-state index is 12.0. The molecule has 0 aliphatic heterocycles. The van der Waals surface area contributed by atoms with Gasteiger partial charge >= 0.3 is 0 Å². The van der Waals surface area contributed by atoms with E-state index in [2.05, 4.69) is 21.2 Å². The summed E-state index contributed by atoms with van der Waals surface area (Å²) in [6, 6.07) is 12.6. The number of hydrogen-bond acceptors (Lipinski definition) is 3. The normalized spacial score (nSPS) is 10.2. The lowest BCUT2D eigenvalue weighted by molar-refractivity contribution is -0.118. The highest BCUT2D eigenvalue weighted by molar-refractivity contribution is 9.10. The number of amides is 2. The number of nitrogens with zero attached hydrogens (tertiary/aromatic N) is 1. The van der Waals surface area contributed by atoms with Crippen molar-refractivity contribution in [3.05, 3.63) is 52.5 Å². The van der Waals surface area contributed by atoms with E-state index in [1.165, 1.54) is 11.8 Å². The maximum Gasteiger partial charge on any atom is 0.262 e. The minimum Gasteiger partial charge on any atom is -0.484 e. The van der Waals surface area contributed by atoms with E-state index < -0.39 is 0 Å². The van der Waals surface area contributed by atoms with Crippen molar-refractivity contribution in [1.82, 2.24) is 0 Å². The zero-order valence-electron chi connectivity index (χ0n) is 13.8. The van der Waals surface area contributed by atoms with Gasteiger partial charge in [0, 0.05) is 29.8 Å². The van der Waals surface area contributed by atoms with Crippen molar-refractivity contribution in [3.8, 4) is 5.75 Å². The summed E-state index contributed by atoms with van der Waals surface area (Å²) in [7, 11) is 1.68. The lowest BCUT2D eigenvalue weighted by Crippen LogP contribution is -2.23. The summed E-state index contributed by atoms with van der Waals surface area (Å²) in [4.78, 5) is 24.9. The molecule has 0 aliphatic rings. The highest BCUT2D eigenvalue weighted by atomic mass is 79.9. The molecule has 2 rings (SSSR count). The molecule has 5 nitrogen and oxygen atoms in total. The Morgan fingerprint density at radius 3 is 2.62 bits per heavy atom. The Balaban J connectivity index is 1.96. The number of carbonyl (C=O) groups excluding carboxylic acids is 2. The van der Waals surface area contributed by atoms with E-state index in [0.29, 0.717) is 17.1 Å². The molecule has 0 fully saturated rings. The summed E-state index contributed by atoms with van der Waals surface area (Å²) in [5.41, 5.74) is 2.36. The van der Waals surface area contributed by atoms with Crippen LogP contribution in [-0.4, -0.2) is 25.5 Å². The number of ether oxygens (including phenoxy) is 1. The number of halogens is 1. The molecule has 2 aromatic carbocycles. The monoisotopic (exact) mass is 390 g/mol. The molecule has 0 heterocycles. The summed E-state index contributed by atoms with van der Waals surface area (Å²) in [5, 5.41) is 2.76. The number of aryl methyl sites for hydroxylation is 1. The molecule has 0 radical (unpaired) electrons. The zero-order chi connectivity index (χ0) is 17.7. The topological polar surface area (TPSA) is 58.6 Å². The van der Waals surface area contributed by atoms with E-state index >= 15 is 0 Å². The van der Waals surface area contributed by atoms with Crippen LogP contribution in [0.4, 0.5) is 11.4 Å². The lowest BCUT2D eigenvalue weighted by Gasteiger charge is -2.16. The van der Waals surface area contributed by atoms with E-state index in [9.17, 15) is 9.59 Å². The Labute approximate surface area is 149 Å². The Kier molecular flexibility index (Phi) is 5.98. The van der Waals surface area contributed by atoms with Crippen LogP contribution in [0.1, 0.15) is 12.5 Å². The third-order valence-corrected chi connectivity index (χ3v) is 4.38. The van der Waals surface area contributed by atoms with Gasteiger partial charge in [0.05, 0.1) is 0 Å². The first-order valence-electron chi connectivity index (χ1n) is 7.40. The van der Waals surface area contributed by atoms with Crippen LogP contribution in [0.3, 0.4) is 0 Å². The molecule has 0 aromatic heterocycles. The highest BCUT2D eigenvalue weighted by Crippen LogP contribution is 2.22. The first-order chi connectivity index (χ1) is 11.4. The summed E-state index contributed by atoms with van der Waals surface area (Å²) < 4.78 is 6.49. The van der Waals surface area contributed by atoms with Crippen molar-refractivity contribution in [2.24, 2.45) is 0 Å². The van der Waals surface area contributed by atoms with Gasteiger partial charge in [0.2, 0.25) is 5.91 Å². The third-order valence-electron chi connectivity index (χ3n) is 3.49. The largest absolute Gasteiger partial charge is 0.484 e. The molecule has 0 unspecified atom stereocenters. The van der Waals surface area contributed by atoms with Crippen LogP contribution < -0.4 is 15.0 Å². The Morgan fingerprint density at radius 2 is 1.96 bits per heavy atom. The van der Waals surface area contributed by atoms with Crippen molar-refractivity contribution in [3.63, 3.8) is 0 Å². The van der Waals surface area contributed by atoms with Gasteiger partial charge in [-0.05, 0) is 48.9 Å². The van der Waals surface area contributed by atoms with E-state index in [4.69, 9.17) is 4.74 Å². The fraction of sp³-hybridized carbons (Fsp3) is 0.222. The fourth-order valence-electron chi connectivity index (χ4n) is 2.03. The number of hydrogen-bond donors (Lipinski definition) is 1. The van der Waals surface area contributed by atoms with Gasteiger partial charge in [-0.2, -0.15) is 0 Å². The second-order valence-electron chi connectivity index (χ2n) is 5.38. The fourth-order valence-corrected chi connectivity index (χ4v) is 2.27. The standard InChI is InChI=1S/C18H19BrN2O3/c1-12-9-16(7-8-17(12)19)24-11-18(23)20-14-5-4-6-15(10-14)21(3)13(2)22/h4-10H,11H2,1-3H3,(H,20,23). The Bertz CT molecular complexity index is 762. The van der Waals surface area contributed by atoms with E-state index in [-0.39, 0.29) is 18.4 Å². The average Bonchev–Trinajstić information content (AvgIpc) is 2.55. The molecule has 2 amide bonds. The smallest absolute Gasteiger partial charge is 0.262 e. The summed E-state index contributed by atoms with van der Waals surface area (Å²) in [6.07, 6.45) is 0. The molecule has 0 bridgehead atoms. The predicted molar refractivity (Wildman–Crippen MR) is 98.5 cm³/mol. The lowest BCUT2D eigenvalue weighted by atomic mass is 10.2. The highest BCUT2D eigenvalue weighted by Gasteiger charge is 2.08. The first-order valence-corrected chi connectivity index (χ1v) is 8.19. The molecule has 2 aromatic rings. The maximum atomic E-state index is 12.0. The van der Waals surface area contributed by atoms with Crippen LogP contribution in [0, 0.1) is 6.92 Å². The number of carbonyl (C=O) groups is 2. The zero-order valence-corrected chi connectivity index (χ0v) is 15.4. The third kappa shape index (κ3) is 4.83. The molecule has 0 aliphatic carbocycles. The number of nitrogens with one attached hydrogen (secondary N) is 1. The molecule has 1 N–H and O–H groups in total. The molecule has 6 heteroatoms. The molecule has 0 atom stereocenters. The van der Waals surface area contributed by atoms with E-state index in [1.807, 2.05) is 19.1 Å². The SMILES string of the molecule is CC(=O)N(C)c1cccc(NC(=O)COc2ccc(Br)c(C)c2)c1. The molecule has 24 heavy (non-hydrogen) atoms. The van der Waals surface area contributed by atoms with Crippen LogP contribution in [-0.2, 0) is 9.59 Å². The van der Waals surface area contributed by atoms with Gasteiger partial charge < -0.3 is 15.0 Å². The van der Waals surface area contributed by atoms with Crippen LogP contribution in [0.2, 0.25) is 0 Å². The molecule has 126 valence electrons. The van der Waals surface area contributed by atoms with E-state index in [1.54, 1.807) is 37.4 Å². The van der Waals surface area contributed by atoms with Crippen LogP contribution in [0.5, 0.6) is 5.75 Å². The van der Waals surface area contributed by atoms with Gasteiger partial charge in [-0.25, -0.2) is 0 Å². The van der Waals surface area contributed by atoms with Gasteiger partial charge in [-0.1, -0.05) is 22.0 Å². The van der Waals surface area contributed by atoms with Crippen molar-refractivity contribution in [1.29, 1.82) is 0 Å². The summed E-state index contributed by atoms with van der Waals surface area (Å²) >= 11 is 3.42. The summed E-state index contributed by atoms with van der Waals surface area (Å²) in [6.45, 7) is 3.35. The average molecular weight is 391 g/mol. The van der Waals surface area contributed by atoms with E-state index in [0.717, 1.165) is 10.0 Å². The second kappa shape index (κ2) is 7.97. The quantitative estimate of drug-likeness (QED) is 0.845. The van der Waals surface area contributed by atoms with Gasteiger partial charge in [-0.3, -0.25) is 9.59 Å². The van der Waals surface area contributed by atoms with Crippen LogP contribution in [0.15, 0.2) is 46.9 Å². The number of anilines is 2. The van der Waals surface area contributed by atoms with Crippen molar-refractivity contribution in [2.75, 3.05) is 23.9 Å². The van der Waals surface area contributed by atoms with Gasteiger partial charge in [-0.15, -0.1) is 0 Å². The predicted octanol–water partition coefficient (Wildman–Crippen LogP) is 3.76. The van der Waals surface area contributed by atoms with Crippen LogP contribution in [0.25, 0.3) is 0 Å². The molecule has 0 spiro atoms. The Hall–Kier alpha value is -2.34. The summed E-state index contributed by atoms with van der Waals surface area (Å²) in [5.74, 6) is 0.293. The minimum absolute atomic E-state index is 0.0765. The Morgan fingerprint density at radius 1 is 1.21 bits per heavy atom. The number of rotatable bonds is 5. The first kappa shape index (κ1) is 18.0. The van der Waals surface area contributed by atoms with Crippen molar-refractivity contribution >= 4 is 39.1 Å². The van der Waals surface area contributed by atoms with Gasteiger partial charge in [0.25, 0.3) is 5.91 Å².